The second-order valence-electron chi connectivity index (χ2n) is 3.72. The van der Waals surface area contributed by atoms with Gasteiger partial charge in [0, 0.05) is 15.7 Å². The predicted molar refractivity (Wildman–Crippen MR) is 78.9 cm³/mol. The molecule has 0 aliphatic carbocycles. The van der Waals surface area contributed by atoms with E-state index in [1.54, 1.807) is 18.2 Å². The molecular weight excluding hydrogens is 366 g/mol. The van der Waals surface area contributed by atoms with Crippen LogP contribution in [0.2, 0.25) is 5.02 Å². The van der Waals surface area contributed by atoms with Crippen molar-refractivity contribution in [3.05, 3.63) is 51.7 Å². The Balaban J connectivity index is 2.33. The van der Waals surface area contributed by atoms with E-state index >= 15 is 0 Å². The molecule has 0 unspecified atom stereocenters. The standard InChI is InChI=1S/C12H7BrClN3O2S/c13-11-5-8(14)1-4-12(11)17-20(18,19)10-3-2-9(6-15)16-7-10/h1-5,7,17H. The first-order chi connectivity index (χ1) is 9.42. The number of halogens is 2. The molecule has 0 aliphatic heterocycles. The summed E-state index contributed by atoms with van der Waals surface area (Å²) >= 11 is 9.02. The monoisotopic (exact) mass is 371 g/mol. The van der Waals surface area contributed by atoms with Gasteiger partial charge in [-0.2, -0.15) is 5.26 Å². The number of nitrogens with zero attached hydrogens (tertiary/aromatic N) is 2. The molecule has 0 aliphatic rings. The molecule has 0 amide bonds. The maximum atomic E-state index is 12.2. The molecule has 2 rings (SSSR count). The SMILES string of the molecule is N#Cc1ccc(S(=O)(=O)Nc2ccc(Cl)cc2Br)cn1. The lowest BCUT2D eigenvalue weighted by atomic mass is 10.3. The van der Waals surface area contributed by atoms with Crippen LogP contribution in [0.4, 0.5) is 5.69 Å². The Hall–Kier alpha value is -1.62. The zero-order valence-electron chi connectivity index (χ0n) is 9.84. The van der Waals surface area contributed by atoms with Gasteiger partial charge < -0.3 is 0 Å². The number of hydrogen-bond donors (Lipinski definition) is 1. The van der Waals surface area contributed by atoms with Gasteiger partial charge in [0.1, 0.15) is 16.7 Å². The lowest BCUT2D eigenvalue weighted by Gasteiger charge is -2.09. The van der Waals surface area contributed by atoms with Gasteiger partial charge in [-0.25, -0.2) is 13.4 Å². The molecule has 8 heteroatoms. The number of nitrogens with one attached hydrogen (secondary N) is 1. The number of pyridine rings is 1. The predicted octanol–water partition coefficient (Wildman–Crippen LogP) is 3.17. The summed E-state index contributed by atoms with van der Waals surface area (Å²) in [5.74, 6) is 0. The van der Waals surface area contributed by atoms with Crippen molar-refractivity contribution in [3.8, 4) is 6.07 Å². The van der Waals surface area contributed by atoms with Crippen LogP contribution in [-0.4, -0.2) is 13.4 Å². The highest BCUT2D eigenvalue weighted by molar-refractivity contribution is 9.10. The zero-order valence-corrected chi connectivity index (χ0v) is 13.0. The number of anilines is 1. The number of sulfonamides is 1. The molecule has 1 heterocycles. The van der Waals surface area contributed by atoms with E-state index in [4.69, 9.17) is 16.9 Å². The second-order valence-corrected chi connectivity index (χ2v) is 6.69. The molecule has 1 aromatic carbocycles. The summed E-state index contributed by atoms with van der Waals surface area (Å²) in [4.78, 5) is 3.70. The van der Waals surface area contributed by atoms with E-state index in [-0.39, 0.29) is 10.6 Å². The van der Waals surface area contributed by atoms with Gasteiger partial charge >= 0.3 is 0 Å². The van der Waals surface area contributed by atoms with Crippen LogP contribution in [0, 0.1) is 11.3 Å². The first-order valence-corrected chi connectivity index (χ1v) is 7.92. The molecule has 0 radical (unpaired) electrons. The zero-order chi connectivity index (χ0) is 14.8. The van der Waals surface area contributed by atoms with E-state index < -0.39 is 10.0 Å². The van der Waals surface area contributed by atoms with Crippen LogP contribution in [0.3, 0.4) is 0 Å². The molecule has 0 saturated carbocycles. The van der Waals surface area contributed by atoms with Crippen molar-refractivity contribution in [2.24, 2.45) is 0 Å². The molecule has 0 atom stereocenters. The van der Waals surface area contributed by atoms with Crippen molar-refractivity contribution in [3.63, 3.8) is 0 Å². The maximum absolute atomic E-state index is 12.2. The van der Waals surface area contributed by atoms with Crippen molar-refractivity contribution in [1.82, 2.24) is 4.98 Å². The Labute approximate surface area is 129 Å². The summed E-state index contributed by atoms with van der Waals surface area (Å²) < 4.78 is 27.2. The molecular formula is C12H7BrClN3O2S. The Kier molecular flexibility index (Phi) is 4.28. The Morgan fingerprint density at radius 1 is 1.30 bits per heavy atom. The van der Waals surface area contributed by atoms with Gasteiger partial charge in [-0.05, 0) is 46.3 Å². The van der Waals surface area contributed by atoms with Crippen LogP contribution >= 0.6 is 27.5 Å². The van der Waals surface area contributed by atoms with Crippen LogP contribution in [0.5, 0.6) is 0 Å². The summed E-state index contributed by atoms with van der Waals surface area (Å²) in [6, 6.07) is 9.17. The van der Waals surface area contributed by atoms with E-state index in [1.807, 2.05) is 6.07 Å². The normalized spacial score (nSPS) is 10.8. The first-order valence-electron chi connectivity index (χ1n) is 5.26. The van der Waals surface area contributed by atoms with E-state index in [0.29, 0.717) is 15.2 Å². The van der Waals surface area contributed by atoms with Gasteiger partial charge in [-0.15, -0.1) is 0 Å². The Morgan fingerprint density at radius 2 is 2.05 bits per heavy atom. The smallest absolute Gasteiger partial charge is 0.263 e. The topological polar surface area (TPSA) is 82.8 Å². The average Bonchev–Trinajstić information content (AvgIpc) is 2.42. The minimum absolute atomic E-state index is 0.0293. The van der Waals surface area contributed by atoms with Gasteiger partial charge in [0.25, 0.3) is 10.0 Å². The minimum Gasteiger partial charge on any atom is -0.278 e. The number of benzene rings is 1. The number of aromatic nitrogens is 1. The Morgan fingerprint density at radius 3 is 2.60 bits per heavy atom. The lowest BCUT2D eigenvalue weighted by molar-refractivity contribution is 0.601. The highest BCUT2D eigenvalue weighted by Crippen LogP contribution is 2.27. The van der Waals surface area contributed by atoms with E-state index in [1.165, 1.54) is 12.1 Å². The summed E-state index contributed by atoms with van der Waals surface area (Å²) in [7, 11) is -3.77. The van der Waals surface area contributed by atoms with Gasteiger partial charge in [-0.3, -0.25) is 4.72 Å². The molecule has 0 saturated heterocycles. The number of rotatable bonds is 3. The van der Waals surface area contributed by atoms with Gasteiger partial charge in [0.2, 0.25) is 0 Å². The molecule has 1 aromatic heterocycles. The molecule has 20 heavy (non-hydrogen) atoms. The average molecular weight is 373 g/mol. The molecule has 5 nitrogen and oxygen atoms in total. The summed E-state index contributed by atoms with van der Waals surface area (Å²) in [5, 5.41) is 9.12. The molecule has 0 bridgehead atoms. The van der Waals surface area contributed by atoms with E-state index in [2.05, 4.69) is 25.6 Å². The highest BCUT2D eigenvalue weighted by Gasteiger charge is 2.16. The molecule has 1 N–H and O–H groups in total. The third-order valence-electron chi connectivity index (χ3n) is 2.34. The first kappa shape index (κ1) is 14.8. The molecule has 0 spiro atoms. The van der Waals surface area contributed by atoms with E-state index in [0.717, 1.165) is 6.20 Å². The lowest BCUT2D eigenvalue weighted by Crippen LogP contribution is -2.13. The molecule has 0 fully saturated rings. The minimum atomic E-state index is -3.77. The van der Waals surface area contributed by atoms with Gasteiger partial charge in [0.15, 0.2) is 0 Å². The van der Waals surface area contributed by atoms with Gasteiger partial charge in [-0.1, -0.05) is 11.6 Å². The summed E-state index contributed by atoms with van der Waals surface area (Å²) in [6.07, 6.45) is 1.13. The number of hydrogen-bond acceptors (Lipinski definition) is 4. The van der Waals surface area contributed by atoms with Gasteiger partial charge in [0.05, 0.1) is 5.69 Å². The highest BCUT2D eigenvalue weighted by atomic mass is 79.9. The van der Waals surface area contributed by atoms with Crippen LogP contribution < -0.4 is 4.72 Å². The van der Waals surface area contributed by atoms with Crippen LogP contribution in [0.25, 0.3) is 0 Å². The van der Waals surface area contributed by atoms with E-state index in [9.17, 15) is 8.42 Å². The fourth-order valence-corrected chi connectivity index (χ4v) is 3.32. The fraction of sp³-hybridized carbons (Fsp3) is 0. The number of nitriles is 1. The van der Waals surface area contributed by atoms with Crippen LogP contribution in [-0.2, 0) is 10.0 Å². The second kappa shape index (κ2) is 5.79. The quantitative estimate of drug-likeness (QED) is 0.897. The maximum Gasteiger partial charge on any atom is 0.263 e. The van der Waals surface area contributed by atoms with Crippen molar-refractivity contribution in [1.29, 1.82) is 5.26 Å². The Bertz CT molecular complexity index is 785. The van der Waals surface area contributed by atoms with Crippen molar-refractivity contribution >= 4 is 43.2 Å². The molecule has 2 aromatic rings. The van der Waals surface area contributed by atoms with Crippen molar-refractivity contribution in [2.45, 2.75) is 4.90 Å². The third kappa shape index (κ3) is 3.28. The molecule has 102 valence electrons. The summed E-state index contributed by atoms with van der Waals surface area (Å²) in [6.45, 7) is 0. The van der Waals surface area contributed by atoms with Crippen molar-refractivity contribution < 1.29 is 8.42 Å². The van der Waals surface area contributed by atoms with Crippen LogP contribution in [0.1, 0.15) is 5.69 Å². The summed E-state index contributed by atoms with van der Waals surface area (Å²) in [5.41, 5.74) is 0.510. The third-order valence-corrected chi connectivity index (χ3v) is 4.58. The van der Waals surface area contributed by atoms with Crippen molar-refractivity contribution in [2.75, 3.05) is 4.72 Å². The fourth-order valence-electron chi connectivity index (χ4n) is 1.38. The van der Waals surface area contributed by atoms with Crippen LogP contribution in [0.15, 0.2) is 45.9 Å². The largest absolute Gasteiger partial charge is 0.278 e.